The first kappa shape index (κ1) is 10.0. The first-order valence-electron chi connectivity index (χ1n) is 4.57. The maximum atomic E-state index is 10.8. The quantitative estimate of drug-likeness (QED) is 0.676. The van der Waals surface area contributed by atoms with Crippen molar-refractivity contribution in [3.05, 3.63) is 0 Å². The Hall–Kier alpha value is -1.06. The van der Waals surface area contributed by atoms with E-state index < -0.39 is 0 Å². The molecular weight excluding hydrogens is 166 g/mol. The Morgan fingerprint density at radius 1 is 1.69 bits per heavy atom. The van der Waals surface area contributed by atoms with E-state index in [2.05, 4.69) is 0 Å². The van der Waals surface area contributed by atoms with Gasteiger partial charge in [-0.05, 0) is 20.3 Å². The second-order valence-corrected chi connectivity index (χ2v) is 4.16. The third-order valence-corrected chi connectivity index (χ3v) is 2.46. The molecule has 0 aromatic rings. The van der Waals surface area contributed by atoms with Gasteiger partial charge in [0.15, 0.2) is 0 Å². The minimum absolute atomic E-state index is 0.292. The number of primary amides is 1. The van der Waals surface area contributed by atoms with Gasteiger partial charge in [0.05, 0.1) is 5.84 Å². The van der Waals surface area contributed by atoms with Gasteiger partial charge in [-0.1, -0.05) is 0 Å². The normalized spacial score (nSPS) is 18.0. The Morgan fingerprint density at radius 3 is 2.69 bits per heavy atom. The van der Waals surface area contributed by atoms with Gasteiger partial charge in [-0.15, -0.1) is 0 Å². The highest BCUT2D eigenvalue weighted by Crippen LogP contribution is 2.24. The summed E-state index contributed by atoms with van der Waals surface area (Å²) >= 11 is 0. The van der Waals surface area contributed by atoms with Crippen LogP contribution in [0.3, 0.4) is 0 Å². The smallest absolute Gasteiger partial charge is 0.219 e. The van der Waals surface area contributed by atoms with E-state index in [1.54, 1.807) is 0 Å². The first-order valence-corrected chi connectivity index (χ1v) is 4.57. The highest BCUT2D eigenvalue weighted by Gasteiger charge is 2.32. The predicted molar refractivity (Wildman–Crippen MR) is 51.6 cm³/mol. The Morgan fingerprint density at radius 2 is 2.31 bits per heavy atom. The number of nitrogens with zero attached hydrogens (tertiary/aromatic N) is 1. The van der Waals surface area contributed by atoms with E-state index in [-0.39, 0.29) is 11.4 Å². The second-order valence-electron chi connectivity index (χ2n) is 4.16. The summed E-state index contributed by atoms with van der Waals surface area (Å²) in [5.41, 5.74) is 4.86. The molecule has 0 aromatic heterocycles. The van der Waals surface area contributed by atoms with Gasteiger partial charge in [-0.3, -0.25) is 10.2 Å². The average molecular weight is 183 g/mol. The number of hydrogen-bond donors (Lipinski definition) is 2. The highest BCUT2D eigenvalue weighted by atomic mass is 16.1. The molecule has 74 valence electrons. The van der Waals surface area contributed by atoms with E-state index in [1.165, 1.54) is 0 Å². The molecule has 13 heavy (non-hydrogen) atoms. The Bertz CT molecular complexity index is 235. The third kappa shape index (κ3) is 2.20. The molecule has 1 aliphatic rings. The topological polar surface area (TPSA) is 70.2 Å². The van der Waals surface area contributed by atoms with Gasteiger partial charge >= 0.3 is 0 Å². The van der Waals surface area contributed by atoms with E-state index in [1.807, 2.05) is 18.7 Å². The minimum Gasteiger partial charge on any atom is -0.370 e. The Kier molecular flexibility index (Phi) is 2.59. The number of nitrogens with one attached hydrogen (secondary N) is 1. The molecule has 3 N–H and O–H groups in total. The summed E-state index contributed by atoms with van der Waals surface area (Å²) < 4.78 is 0. The van der Waals surface area contributed by atoms with Gasteiger partial charge in [0.25, 0.3) is 0 Å². The van der Waals surface area contributed by atoms with Gasteiger partial charge in [0, 0.05) is 24.9 Å². The molecule has 4 heteroatoms. The van der Waals surface area contributed by atoms with E-state index in [0.717, 1.165) is 19.4 Å². The molecule has 1 amide bonds. The molecule has 0 unspecified atom stereocenters. The fourth-order valence-corrected chi connectivity index (χ4v) is 1.86. The lowest BCUT2D eigenvalue weighted by molar-refractivity contribution is -0.119. The molecule has 0 bridgehead atoms. The number of carbonyl (C=O) groups is 1. The molecule has 0 radical (unpaired) electrons. The number of amides is 1. The number of likely N-dealkylation sites (tertiary alicyclic amines) is 1. The number of carbonyl (C=O) groups excluding carboxylic acids is 1. The summed E-state index contributed by atoms with van der Waals surface area (Å²) in [7, 11) is 0. The summed E-state index contributed by atoms with van der Waals surface area (Å²) in [5.74, 6) is 0.330. The molecule has 4 nitrogen and oxygen atoms in total. The summed E-state index contributed by atoms with van der Waals surface area (Å²) in [6.45, 7) is 4.79. The Balaban J connectivity index is 2.67. The van der Waals surface area contributed by atoms with E-state index in [0.29, 0.717) is 12.3 Å². The molecule has 0 aromatic carbocycles. The SMILES string of the molecule is CC(C)(CC(N)=O)N1CCCC1=N. The van der Waals surface area contributed by atoms with Crippen molar-refractivity contribution in [3.8, 4) is 0 Å². The van der Waals surface area contributed by atoms with Gasteiger partial charge in [-0.2, -0.15) is 0 Å². The van der Waals surface area contributed by atoms with E-state index >= 15 is 0 Å². The lowest BCUT2D eigenvalue weighted by Gasteiger charge is -2.36. The molecule has 0 aliphatic carbocycles. The van der Waals surface area contributed by atoms with Crippen LogP contribution < -0.4 is 5.73 Å². The zero-order valence-electron chi connectivity index (χ0n) is 8.26. The van der Waals surface area contributed by atoms with E-state index in [9.17, 15) is 4.79 Å². The van der Waals surface area contributed by atoms with Crippen LogP contribution in [0.15, 0.2) is 0 Å². The first-order chi connectivity index (χ1) is 5.93. The fraction of sp³-hybridized carbons (Fsp3) is 0.778. The summed E-state index contributed by atoms with van der Waals surface area (Å²) in [4.78, 5) is 12.8. The minimum atomic E-state index is -0.301. The number of nitrogens with two attached hydrogens (primary N) is 1. The van der Waals surface area contributed by atoms with Gasteiger partial charge in [0.2, 0.25) is 5.91 Å². The lowest BCUT2D eigenvalue weighted by Crippen LogP contribution is -2.46. The second kappa shape index (κ2) is 3.36. The molecule has 0 saturated carbocycles. The maximum Gasteiger partial charge on any atom is 0.219 e. The Labute approximate surface area is 78.6 Å². The van der Waals surface area contributed by atoms with Crippen molar-refractivity contribution >= 4 is 11.7 Å². The van der Waals surface area contributed by atoms with Gasteiger partial charge in [0.1, 0.15) is 0 Å². The largest absolute Gasteiger partial charge is 0.370 e. The average Bonchev–Trinajstić information content (AvgIpc) is 2.32. The third-order valence-electron chi connectivity index (χ3n) is 2.46. The molecule has 1 saturated heterocycles. The summed E-state index contributed by atoms with van der Waals surface area (Å²) in [6.07, 6.45) is 2.15. The van der Waals surface area contributed by atoms with Crippen molar-refractivity contribution in [1.82, 2.24) is 4.90 Å². The highest BCUT2D eigenvalue weighted by molar-refractivity contribution is 5.83. The molecule has 1 heterocycles. The molecule has 1 aliphatic heterocycles. The fourth-order valence-electron chi connectivity index (χ4n) is 1.86. The van der Waals surface area contributed by atoms with Crippen LogP contribution in [0.1, 0.15) is 33.1 Å². The molecular formula is C9H17N3O. The maximum absolute atomic E-state index is 10.8. The standard InChI is InChI=1S/C9H17N3O/c1-9(2,6-8(11)13)12-5-3-4-7(12)10/h10H,3-6H2,1-2H3,(H2,11,13). The van der Waals surface area contributed by atoms with Crippen molar-refractivity contribution in [3.63, 3.8) is 0 Å². The van der Waals surface area contributed by atoms with Crippen molar-refractivity contribution in [2.75, 3.05) is 6.54 Å². The zero-order chi connectivity index (χ0) is 10.1. The number of rotatable bonds is 3. The van der Waals surface area contributed by atoms with E-state index in [4.69, 9.17) is 11.1 Å². The predicted octanol–water partition coefficient (Wildman–Crippen LogP) is 0.713. The van der Waals surface area contributed by atoms with Crippen LogP contribution in [0.2, 0.25) is 0 Å². The van der Waals surface area contributed by atoms with Crippen LogP contribution in [0, 0.1) is 5.41 Å². The van der Waals surface area contributed by atoms with Gasteiger partial charge in [-0.25, -0.2) is 0 Å². The van der Waals surface area contributed by atoms with Crippen molar-refractivity contribution in [1.29, 1.82) is 5.41 Å². The molecule has 1 rings (SSSR count). The van der Waals surface area contributed by atoms with Crippen LogP contribution in [0.25, 0.3) is 0 Å². The molecule has 0 spiro atoms. The molecule has 0 atom stereocenters. The van der Waals surface area contributed by atoms with Crippen LogP contribution in [-0.2, 0) is 4.79 Å². The van der Waals surface area contributed by atoms with Crippen LogP contribution >= 0.6 is 0 Å². The summed E-state index contributed by atoms with van der Waals surface area (Å²) in [6, 6.07) is 0. The molecule has 1 fully saturated rings. The van der Waals surface area contributed by atoms with Gasteiger partial charge < -0.3 is 10.6 Å². The van der Waals surface area contributed by atoms with Crippen molar-refractivity contribution < 1.29 is 4.79 Å². The van der Waals surface area contributed by atoms with Crippen molar-refractivity contribution in [2.45, 2.75) is 38.6 Å². The van der Waals surface area contributed by atoms with Crippen molar-refractivity contribution in [2.24, 2.45) is 5.73 Å². The monoisotopic (exact) mass is 183 g/mol. The number of hydrogen-bond acceptors (Lipinski definition) is 2. The summed E-state index contributed by atoms with van der Waals surface area (Å²) in [5, 5.41) is 7.68. The van der Waals surface area contributed by atoms with Crippen LogP contribution in [-0.4, -0.2) is 28.7 Å². The lowest BCUT2D eigenvalue weighted by atomic mass is 9.98. The zero-order valence-corrected chi connectivity index (χ0v) is 8.26. The van der Waals surface area contributed by atoms with Crippen LogP contribution in [0.5, 0.6) is 0 Å². The number of amidine groups is 1. The van der Waals surface area contributed by atoms with Crippen LogP contribution in [0.4, 0.5) is 0 Å².